The van der Waals surface area contributed by atoms with Crippen molar-refractivity contribution in [3.63, 3.8) is 0 Å². The molecule has 3 amide bonds. The molecule has 3 aromatic carbocycles. The van der Waals surface area contributed by atoms with Crippen LogP contribution in [0.25, 0.3) is 0 Å². The molecule has 0 bridgehead atoms. The number of rotatable bonds is 7. The van der Waals surface area contributed by atoms with E-state index in [9.17, 15) is 24.3 Å². The fourth-order valence-electron chi connectivity index (χ4n) is 8.62. The average Bonchev–Trinajstić information content (AvgIpc) is 3.50. The van der Waals surface area contributed by atoms with Crippen molar-refractivity contribution in [2.45, 2.75) is 69.2 Å². The van der Waals surface area contributed by atoms with Gasteiger partial charge in [0.05, 0.1) is 44.0 Å². The van der Waals surface area contributed by atoms with E-state index in [1.54, 1.807) is 26.8 Å². The number of hydrogen-bond donors (Lipinski definition) is 3. The minimum atomic E-state index is -3.03. The van der Waals surface area contributed by atoms with Gasteiger partial charge in [-0.15, -0.1) is 0 Å². The smallest absolute Gasteiger partial charge is 0.264 e. The zero-order chi connectivity index (χ0) is 34.7. The number of amides is 3. The summed E-state index contributed by atoms with van der Waals surface area (Å²) in [7, 11) is -3.03. The SMILES string of the molecule is C[C@H]1[C@H]([Si](C)(C)O)[C@@H](CC(=O)N2Cc3ccccc3C[C@H]2CO)O[C@]12C(=O)N(Cc1cccc(N3CCNCC3=O)c1)c1ccc(Cl)cc12. The number of aliphatic hydroxyl groups excluding tert-OH is 1. The molecule has 4 aliphatic heterocycles. The summed E-state index contributed by atoms with van der Waals surface area (Å²) < 4.78 is 6.91. The van der Waals surface area contributed by atoms with Crippen molar-refractivity contribution in [2.24, 2.45) is 5.92 Å². The number of anilines is 2. The maximum atomic E-state index is 14.9. The Morgan fingerprint density at radius 1 is 1.08 bits per heavy atom. The van der Waals surface area contributed by atoms with Crippen molar-refractivity contribution in [3.05, 3.63) is 94.0 Å². The van der Waals surface area contributed by atoms with Crippen LogP contribution in [-0.4, -0.2) is 79.2 Å². The number of fused-ring (bicyclic) bond motifs is 3. The van der Waals surface area contributed by atoms with Gasteiger partial charge in [0.2, 0.25) is 11.8 Å². The monoisotopic (exact) mass is 702 g/mol. The molecule has 10 nitrogen and oxygen atoms in total. The molecule has 0 unspecified atom stereocenters. The predicted octanol–water partition coefficient (Wildman–Crippen LogP) is 3.96. The number of halogens is 1. The van der Waals surface area contributed by atoms with Crippen LogP contribution in [0.3, 0.4) is 0 Å². The second-order valence-corrected chi connectivity index (χ2v) is 18.8. The number of hydrogen-bond acceptors (Lipinski definition) is 7. The normalized spacial score (nSPS) is 26.8. The summed E-state index contributed by atoms with van der Waals surface area (Å²) in [6.45, 7) is 7.60. The molecule has 0 saturated carbocycles. The number of piperazine rings is 1. The maximum absolute atomic E-state index is 14.9. The van der Waals surface area contributed by atoms with Crippen LogP contribution in [0.5, 0.6) is 0 Å². The van der Waals surface area contributed by atoms with E-state index in [0.717, 1.165) is 22.4 Å². The van der Waals surface area contributed by atoms with Gasteiger partial charge >= 0.3 is 0 Å². The van der Waals surface area contributed by atoms with Gasteiger partial charge in [0, 0.05) is 47.4 Å². The van der Waals surface area contributed by atoms with E-state index in [4.69, 9.17) is 16.3 Å². The van der Waals surface area contributed by atoms with E-state index in [-0.39, 0.29) is 49.9 Å². The Morgan fingerprint density at radius 3 is 2.59 bits per heavy atom. The highest BCUT2D eigenvalue weighted by atomic mass is 35.5. The van der Waals surface area contributed by atoms with Crippen molar-refractivity contribution in [1.82, 2.24) is 10.2 Å². The Morgan fingerprint density at radius 2 is 1.86 bits per heavy atom. The quantitative estimate of drug-likeness (QED) is 0.319. The molecule has 2 fully saturated rings. The molecule has 0 aliphatic carbocycles. The summed E-state index contributed by atoms with van der Waals surface area (Å²) in [6, 6.07) is 20.6. The third-order valence-electron chi connectivity index (χ3n) is 10.9. The summed E-state index contributed by atoms with van der Waals surface area (Å²) in [5.74, 6) is -0.917. The molecule has 258 valence electrons. The molecule has 12 heteroatoms. The lowest BCUT2D eigenvalue weighted by Crippen LogP contribution is -2.48. The fourth-order valence-corrected chi connectivity index (χ4v) is 11.3. The van der Waals surface area contributed by atoms with Gasteiger partial charge in [-0.3, -0.25) is 14.4 Å². The minimum Gasteiger partial charge on any atom is -0.432 e. The number of carbonyl (C=O) groups is 3. The van der Waals surface area contributed by atoms with E-state index < -0.39 is 31.5 Å². The van der Waals surface area contributed by atoms with Crippen LogP contribution in [0.1, 0.15) is 35.6 Å². The van der Waals surface area contributed by atoms with Crippen molar-refractivity contribution < 1.29 is 29.0 Å². The molecule has 4 heterocycles. The molecule has 49 heavy (non-hydrogen) atoms. The molecular formula is C37H43ClN4O6Si. The van der Waals surface area contributed by atoms with Crippen LogP contribution >= 0.6 is 11.6 Å². The Balaban J connectivity index is 1.21. The Hall–Kier alpha value is -3.58. The van der Waals surface area contributed by atoms with Gasteiger partial charge in [0.25, 0.3) is 5.91 Å². The van der Waals surface area contributed by atoms with Gasteiger partial charge in [0.1, 0.15) is 0 Å². The first kappa shape index (κ1) is 33.9. The molecular weight excluding hydrogens is 660 g/mol. The Bertz CT molecular complexity index is 1800. The lowest BCUT2D eigenvalue weighted by atomic mass is 9.82. The second-order valence-electron chi connectivity index (χ2n) is 14.3. The van der Waals surface area contributed by atoms with Crippen LogP contribution in [-0.2, 0) is 44.2 Å². The molecule has 4 aliphatic rings. The number of carbonyl (C=O) groups excluding carboxylic acids is 3. The molecule has 3 aromatic rings. The van der Waals surface area contributed by atoms with Crippen LogP contribution in [0.4, 0.5) is 11.4 Å². The first-order chi connectivity index (χ1) is 23.4. The zero-order valence-corrected chi connectivity index (χ0v) is 29.8. The van der Waals surface area contributed by atoms with E-state index in [1.165, 1.54) is 0 Å². The van der Waals surface area contributed by atoms with Crippen molar-refractivity contribution in [3.8, 4) is 0 Å². The Kier molecular flexibility index (Phi) is 8.96. The molecule has 0 aromatic heterocycles. The number of nitrogens with zero attached hydrogens (tertiary/aromatic N) is 3. The minimum absolute atomic E-state index is 0.00532. The first-order valence-corrected chi connectivity index (χ1v) is 20.4. The largest absolute Gasteiger partial charge is 0.432 e. The fraction of sp³-hybridized carbons (Fsp3) is 0.432. The summed E-state index contributed by atoms with van der Waals surface area (Å²) in [5, 5.41) is 13.8. The summed E-state index contributed by atoms with van der Waals surface area (Å²) >= 11 is 6.58. The highest BCUT2D eigenvalue weighted by Gasteiger charge is 2.66. The topological polar surface area (TPSA) is 123 Å². The van der Waals surface area contributed by atoms with Crippen LogP contribution in [0.15, 0.2) is 66.7 Å². The van der Waals surface area contributed by atoms with Gasteiger partial charge in [0.15, 0.2) is 13.9 Å². The van der Waals surface area contributed by atoms with Gasteiger partial charge in [-0.1, -0.05) is 54.9 Å². The van der Waals surface area contributed by atoms with Gasteiger partial charge in [-0.05, 0) is 66.5 Å². The first-order valence-electron chi connectivity index (χ1n) is 17.0. The standard InChI is InChI=1S/C37H43ClN4O6Si/c1-23-35(49(2,3)47)32(18-33(44)41-21-26-9-5-4-8-25(26)16-29(41)22-43)48-37(23)30-17-27(38)11-12-31(30)42(36(37)46)20-24-7-6-10-28(15-24)40-14-13-39-19-34(40)45/h4-12,15,17,23,29,32,35,39,43,47H,13-14,16,18-22H2,1-3H3/t23-,29-,32+,35-,37+/m0/s1. The molecule has 0 radical (unpaired) electrons. The van der Waals surface area contributed by atoms with E-state index in [0.29, 0.717) is 42.3 Å². The molecule has 3 N–H and O–H groups in total. The van der Waals surface area contributed by atoms with E-state index in [2.05, 4.69) is 5.32 Å². The summed E-state index contributed by atoms with van der Waals surface area (Å²) in [5.41, 5.74) is 3.18. The Labute approximate surface area is 292 Å². The van der Waals surface area contributed by atoms with Gasteiger partial charge in [-0.2, -0.15) is 0 Å². The number of aliphatic hydroxyl groups is 1. The number of ether oxygens (including phenoxy) is 1. The maximum Gasteiger partial charge on any atom is 0.264 e. The van der Waals surface area contributed by atoms with Gasteiger partial charge < -0.3 is 34.7 Å². The van der Waals surface area contributed by atoms with Crippen molar-refractivity contribution in [1.29, 1.82) is 0 Å². The lowest BCUT2D eigenvalue weighted by molar-refractivity contribution is -0.151. The third-order valence-corrected chi connectivity index (χ3v) is 13.6. The molecule has 7 rings (SSSR count). The van der Waals surface area contributed by atoms with E-state index >= 15 is 0 Å². The average molecular weight is 703 g/mol. The summed E-state index contributed by atoms with van der Waals surface area (Å²) in [4.78, 5) is 58.5. The van der Waals surface area contributed by atoms with Crippen LogP contribution in [0.2, 0.25) is 23.7 Å². The lowest BCUT2D eigenvalue weighted by Gasteiger charge is -2.37. The predicted molar refractivity (Wildman–Crippen MR) is 190 cm³/mol. The van der Waals surface area contributed by atoms with Crippen LogP contribution in [0, 0.1) is 5.92 Å². The highest BCUT2D eigenvalue weighted by molar-refractivity contribution is 6.71. The zero-order valence-electron chi connectivity index (χ0n) is 28.1. The summed E-state index contributed by atoms with van der Waals surface area (Å²) in [6.07, 6.45) is -0.211. The number of nitrogens with one attached hydrogen (secondary N) is 1. The molecule has 5 atom stereocenters. The molecule has 1 spiro atoms. The molecule has 2 saturated heterocycles. The van der Waals surface area contributed by atoms with Crippen molar-refractivity contribution in [2.75, 3.05) is 36.0 Å². The van der Waals surface area contributed by atoms with Crippen molar-refractivity contribution >= 4 is 49.0 Å². The van der Waals surface area contributed by atoms with Gasteiger partial charge in [-0.25, -0.2) is 0 Å². The third kappa shape index (κ3) is 5.90. The highest BCUT2D eigenvalue weighted by Crippen LogP contribution is 2.60. The van der Waals surface area contributed by atoms with E-state index in [1.807, 2.05) is 74.6 Å². The number of benzene rings is 3. The van der Waals surface area contributed by atoms with Crippen LogP contribution < -0.4 is 15.1 Å². The second kappa shape index (κ2) is 12.9.